The van der Waals surface area contributed by atoms with E-state index in [1.807, 2.05) is 12.3 Å². The highest BCUT2D eigenvalue weighted by Gasteiger charge is 2.34. The Bertz CT molecular complexity index is 1380. The smallest absolute Gasteiger partial charge is 0.130 e. The SMILES string of the molecule is Brc1ccc(C2Nc3c(c4cccnc4c4ccccc34)N2c2ccccc2)cc1. The Kier molecular flexibility index (Phi) is 3.99. The van der Waals surface area contributed by atoms with E-state index in [1.165, 1.54) is 22.0 Å². The average molecular weight is 452 g/mol. The fourth-order valence-corrected chi connectivity index (χ4v) is 4.72. The quantitative estimate of drug-likeness (QED) is 0.283. The Balaban J connectivity index is 1.70. The van der Waals surface area contributed by atoms with Crippen LogP contribution in [0, 0.1) is 0 Å². The normalized spacial score (nSPS) is 15.4. The molecule has 0 amide bonds. The Labute approximate surface area is 183 Å². The van der Waals surface area contributed by atoms with Crippen LogP contribution in [-0.4, -0.2) is 4.98 Å². The Morgan fingerprint density at radius 3 is 2.23 bits per heavy atom. The molecule has 1 atom stereocenters. The second-order valence-corrected chi connectivity index (χ2v) is 8.39. The topological polar surface area (TPSA) is 28.2 Å². The summed E-state index contributed by atoms with van der Waals surface area (Å²) < 4.78 is 1.08. The van der Waals surface area contributed by atoms with Crippen LogP contribution in [0.5, 0.6) is 0 Å². The van der Waals surface area contributed by atoms with Crippen LogP contribution in [0.1, 0.15) is 11.7 Å². The van der Waals surface area contributed by atoms with Gasteiger partial charge >= 0.3 is 0 Å². The van der Waals surface area contributed by atoms with Gasteiger partial charge in [0, 0.05) is 32.5 Å². The number of hydrogen-bond donors (Lipinski definition) is 1. The van der Waals surface area contributed by atoms with Crippen molar-refractivity contribution in [1.82, 2.24) is 4.98 Å². The lowest BCUT2D eigenvalue weighted by Crippen LogP contribution is -2.23. The molecule has 30 heavy (non-hydrogen) atoms. The highest BCUT2D eigenvalue weighted by Crippen LogP contribution is 2.52. The molecule has 144 valence electrons. The van der Waals surface area contributed by atoms with E-state index in [1.54, 1.807) is 0 Å². The number of fused-ring (bicyclic) bond motifs is 6. The number of anilines is 3. The summed E-state index contributed by atoms with van der Waals surface area (Å²) in [5.41, 5.74) is 5.72. The Hall–Kier alpha value is -3.37. The lowest BCUT2D eigenvalue weighted by molar-refractivity contribution is 0.830. The number of nitrogens with one attached hydrogen (secondary N) is 1. The van der Waals surface area contributed by atoms with Crippen molar-refractivity contribution in [2.24, 2.45) is 0 Å². The molecule has 0 saturated heterocycles. The fourth-order valence-electron chi connectivity index (χ4n) is 4.45. The fraction of sp³-hybridized carbons (Fsp3) is 0.0385. The summed E-state index contributed by atoms with van der Waals surface area (Å²) in [6, 6.07) is 31.8. The summed E-state index contributed by atoms with van der Waals surface area (Å²) in [6.45, 7) is 0. The molecule has 1 aromatic heterocycles. The van der Waals surface area contributed by atoms with Gasteiger partial charge in [0.05, 0.1) is 16.9 Å². The van der Waals surface area contributed by atoms with Gasteiger partial charge in [-0.1, -0.05) is 70.5 Å². The summed E-state index contributed by atoms with van der Waals surface area (Å²) in [5, 5.41) is 7.36. The lowest BCUT2D eigenvalue weighted by Gasteiger charge is -2.28. The molecule has 0 spiro atoms. The van der Waals surface area contributed by atoms with Crippen molar-refractivity contribution < 1.29 is 0 Å². The van der Waals surface area contributed by atoms with E-state index in [4.69, 9.17) is 4.98 Å². The van der Waals surface area contributed by atoms with Gasteiger partial charge in [-0.2, -0.15) is 0 Å². The van der Waals surface area contributed by atoms with Gasteiger partial charge in [0.2, 0.25) is 0 Å². The first-order chi connectivity index (χ1) is 14.8. The molecule has 1 N–H and O–H groups in total. The summed E-state index contributed by atoms with van der Waals surface area (Å²) in [6.07, 6.45) is 1.87. The third-order valence-corrected chi connectivity index (χ3v) is 6.28. The van der Waals surface area contributed by atoms with Crippen LogP contribution in [0.25, 0.3) is 21.7 Å². The maximum atomic E-state index is 4.76. The highest BCUT2D eigenvalue weighted by atomic mass is 79.9. The maximum Gasteiger partial charge on any atom is 0.130 e. The number of para-hydroxylation sites is 1. The molecule has 0 fully saturated rings. The minimum absolute atomic E-state index is 0.00953. The largest absolute Gasteiger partial charge is 0.359 e. The van der Waals surface area contributed by atoms with Crippen molar-refractivity contribution in [3.8, 4) is 0 Å². The first-order valence-corrected chi connectivity index (χ1v) is 10.8. The molecule has 2 heterocycles. The van der Waals surface area contributed by atoms with Crippen molar-refractivity contribution in [2.45, 2.75) is 6.17 Å². The van der Waals surface area contributed by atoms with Crippen LogP contribution < -0.4 is 10.2 Å². The van der Waals surface area contributed by atoms with E-state index in [0.717, 1.165) is 26.8 Å². The van der Waals surface area contributed by atoms with E-state index in [0.29, 0.717) is 0 Å². The molecule has 1 aliphatic rings. The van der Waals surface area contributed by atoms with Gasteiger partial charge in [-0.15, -0.1) is 0 Å². The third kappa shape index (κ3) is 2.61. The molecular weight excluding hydrogens is 434 g/mol. The van der Waals surface area contributed by atoms with Crippen molar-refractivity contribution in [3.05, 3.63) is 107 Å². The van der Waals surface area contributed by atoms with Gasteiger partial charge in [0.15, 0.2) is 0 Å². The number of aromatic nitrogens is 1. The summed E-state index contributed by atoms with van der Waals surface area (Å²) in [4.78, 5) is 7.16. The molecule has 5 aromatic rings. The van der Waals surface area contributed by atoms with Crippen molar-refractivity contribution in [2.75, 3.05) is 10.2 Å². The zero-order valence-corrected chi connectivity index (χ0v) is 17.7. The third-order valence-electron chi connectivity index (χ3n) is 5.75. The number of hydrogen-bond acceptors (Lipinski definition) is 3. The zero-order valence-electron chi connectivity index (χ0n) is 16.1. The number of rotatable bonds is 2. The molecule has 0 saturated carbocycles. The average Bonchev–Trinajstić information content (AvgIpc) is 3.21. The molecule has 1 aliphatic heterocycles. The molecule has 0 radical (unpaired) electrons. The number of pyridine rings is 1. The maximum absolute atomic E-state index is 4.76. The van der Waals surface area contributed by atoms with Gasteiger partial charge in [0.25, 0.3) is 0 Å². The van der Waals surface area contributed by atoms with E-state index in [-0.39, 0.29) is 6.17 Å². The number of halogens is 1. The lowest BCUT2D eigenvalue weighted by atomic mass is 10.0. The predicted octanol–water partition coefficient (Wildman–Crippen LogP) is 7.41. The molecule has 1 unspecified atom stereocenters. The summed E-state index contributed by atoms with van der Waals surface area (Å²) >= 11 is 3.57. The first kappa shape index (κ1) is 17.5. The van der Waals surface area contributed by atoms with Crippen molar-refractivity contribution in [3.63, 3.8) is 0 Å². The number of nitrogens with zero attached hydrogens (tertiary/aromatic N) is 2. The molecule has 0 aliphatic carbocycles. The van der Waals surface area contributed by atoms with E-state index < -0.39 is 0 Å². The second-order valence-electron chi connectivity index (χ2n) is 7.47. The first-order valence-electron chi connectivity index (χ1n) is 9.97. The van der Waals surface area contributed by atoms with Gasteiger partial charge in [-0.25, -0.2) is 0 Å². The van der Waals surface area contributed by atoms with Gasteiger partial charge in [-0.3, -0.25) is 4.98 Å². The van der Waals surface area contributed by atoms with E-state index >= 15 is 0 Å². The van der Waals surface area contributed by atoms with Gasteiger partial charge in [0.1, 0.15) is 6.17 Å². The van der Waals surface area contributed by atoms with Gasteiger partial charge < -0.3 is 10.2 Å². The monoisotopic (exact) mass is 451 g/mol. The molecule has 4 aromatic carbocycles. The zero-order chi connectivity index (χ0) is 20.1. The predicted molar refractivity (Wildman–Crippen MR) is 128 cm³/mol. The molecule has 4 heteroatoms. The number of benzene rings is 4. The van der Waals surface area contributed by atoms with Crippen LogP contribution >= 0.6 is 15.9 Å². The van der Waals surface area contributed by atoms with Gasteiger partial charge in [-0.05, 0) is 42.0 Å². The molecular formula is C26H18BrN3. The van der Waals surface area contributed by atoms with Crippen LogP contribution in [0.15, 0.2) is 102 Å². The minimum atomic E-state index is -0.00953. The van der Waals surface area contributed by atoms with Crippen molar-refractivity contribution in [1.29, 1.82) is 0 Å². The molecule has 3 nitrogen and oxygen atoms in total. The van der Waals surface area contributed by atoms with Crippen LogP contribution in [0.3, 0.4) is 0 Å². The van der Waals surface area contributed by atoms with E-state index in [9.17, 15) is 0 Å². The Morgan fingerprint density at radius 2 is 1.43 bits per heavy atom. The van der Waals surface area contributed by atoms with Crippen LogP contribution in [0.2, 0.25) is 0 Å². The van der Waals surface area contributed by atoms with Crippen LogP contribution in [0.4, 0.5) is 17.1 Å². The van der Waals surface area contributed by atoms with Crippen LogP contribution in [-0.2, 0) is 0 Å². The minimum Gasteiger partial charge on any atom is -0.359 e. The highest BCUT2D eigenvalue weighted by molar-refractivity contribution is 9.10. The summed E-state index contributed by atoms with van der Waals surface area (Å²) in [7, 11) is 0. The summed E-state index contributed by atoms with van der Waals surface area (Å²) in [5.74, 6) is 0. The Morgan fingerprint density at radius 1 is 0.733 bits per heavy atom. The molecule has 6 rings (SSSR count). The van der Waals surface area contributed by atoms with E-state index in [2.05, 4.69) is 111 Å². The standard InChI is InChI=1S/C26H18BrN3/c27-18-14-12-17(13-15-18)26-29-24-21-10-5-4-9-20(21)23-22(11-6-16-28-23)25(24)30(26)19-7-2-1-3-8-19/h1-16,26,29H. The molecule has 0 bridgehead atoms. The van der Waals surface area contributed by atoms with Crippen molar-refractivity contribution >= 4 is 54.7 Å². The second kappa shape index (κ2) is 6.85.